The van der Waals surface area contributed by atoms with Crippen molar-refractivity contribution in [3.05, 3.63) is 89.2 Å². The van der Waals surface area contributed by atoms with Crippen LogP contribution in [0.2, 0.25) is 0 Å². The van der Waals surface area contributed by atoms with Gasteiger partial charge in [0.2, 0.25) is 0 Å². The van der Waals surface area contributed by atoms with Crippen LogP contribution in [0.25, 0.3) is 22.1 Å². The van der Waals surface area contributed by atoms with Gasteiger partial charge in [-0.2, -0.15) is 5.26 Å². The minimum atomic E-state index is -0.935. The molecule has 0 amide bonds. The molecular weight excluding hydrogens is 392 g/mol. The summed E-state index contributed by atoms with van der Waals surface area (Å²) in [7, 11) is 0. The van der Waals surface area contributed by atoms with Crippen molar-refractivity contribution in [1.82, 2.24) is 0 Å². The van der Waals surface area contributed by atoms with Crippen LogP contribution >= 0.6 is 0 Å². The van der Waals surface area contributed by atoms with E-state index < -0.39 is 5.97 Å². The Labute approximate surface area is 179 Å². The number of nitrogens with two attached hydrogens (primary N) is 1. The topological polar surface area (TPSA) is 109 Å². The first-order chi connectivity index (χ1) is 15.1. The first-order valence-electron chi connectivity index (χ1n) is 9.75. The van der Waals surface area contributed by atoms with Gasteiger partial charge in [0, 0.05) is 28.6 Å². The number of rotatable bonds is 7. The van der Waals surface area contributed by atoms with Crippen molar-refractivity contribution in [2.45, 2.75) is 19.6 Å². The molecule has 3 N–H and O–H groups in total. The highest BCUT2D eigenvalue weighted by atomic mass is 16.5. The van der Waals surface area contributed by atoms with Crippen molar-refractivity contribution < 1.29 is 19.1 Å². The predicted molar refractivity (Wildman–Crippen MR) is 116 cm³/mol. The monoisotopic (exact) mass is 412 g/mol. The van der Waals surface area contributed by atoms with Crippen LogP contribution in [0.1, 0.15) is 22.3 Å². The molecule has 3 aromatic carbocycles. The molecular formula is C25H20N2O4. The van der Waals surface area contributed by atoms with Crippen LogP contribution in [-0.4, -0.2) is 11.1 Å². The largest absolute Gasteiger partial charge is 0.489 e. The number of fused-ring (bicyclic) bond motifs is 1. The summed E-state index contributed by atoms with van der Waals surface area (Å²) in [5.41, 5.74) is 10.9. The lowest BCUT2D eigenvalue weighted by Crippen LogP contribution is -2.05. The number of hydrogen-bond acceptors (Lipinski definition) is 5. The molecule has 0 aliphatic carbocycles. The first-order valence-corrected chi connectivity index (χ1v) is 9.75. The number of carboxylic acids is 1. The molecule has 1 heterocycles. The van der Waals surface area contributed by atoms with Gasteiger partial charge in [0.1, 0.15) is 24.0 Å². The zero-order valence-corrected chi connectivity index (χ0v) is 16.7. The van der Waals surface area contributed by atoms with E-state index in [1.165, 1.54) is 0 Å². The molecule has 6 nitrogen and oxygen atoms in total. The van der Waals surface area contributed by atoms with Crippen LogP contribution in [-0.2, 0) is 24.4 Å². The molecule has 0 aliphatic heterocycles. The third-order valence-corrected chi connectivity index (χ3v) is 5.10. The second kappa shape index (κ2) is 8.74. The Hall–Kier alpha value is -4.08. The number of benzene rings is 3. The Morgan fingerprint density at radius 3 is 2.71 bits per heavy atom. The van der Waals surface area contributed by atoms with Crippen LogP contribution in [0.5, 0.6) is 5.75 Å². The lowest BCUT2D eigenvalue weighted by atomic mass is 9.95. The Kier molecular flexibility index (Phi) is 5.69. The molecule has 0 fully saturated rings. The van der Waals surface area contributed by atoms with E-state index in [9.17, 15) is 10.1 Å². The first kappa shape index (κ1) is 20.2. The Bertz CT molecular complexity index is 1300. The minimum Gasteiger partial charge on any atom is -0.489 e. The van der Waals surface area contributed by atoms with E-state index in [1.54, 1.807) is 36.6 Å². The van der Waals surface area contributed by atoms with Gasteiger partial charge in [0.25, 0.3) is 0 Å². The maximum absolute atomic E-state index is 11.1. The number of furan rings is 1. The fourth-order valence-electron chi connectivity index (χ4n) is 3.63. The highest BCUT2D eigenvalue weighted by molar-refractivity contribution is 5.97. The van der Waals surface area contributed by atoms with E-state index in [-0.39, 0.29) is 13.0 Å². The minimum absolute atomic E-state index is 0.115. The van der Waals surface area contributed by atoms with Crippen molar-refractivity contribution in [3.63, 3.8) is 0 Å². The number of carbonyl (C=O) groups is 1. The van der Waals surface area contributed by atoms with Gasteiger partial charge >= 0.3 is 5.97 Å². The standard InChI is InChI=1S/C25H20N2O4/c26-13-16-4-3-6-17(10-16)21-11-19(22(14-27)20-8-9-30-25(20)21)15-31-23-7-2-1-5-18(23)12-24(28)29/h1-11H,12-13,15,26H2,(H,28,29). The van der Waals surface area contributed by atoms with Crippen LogP contribution in [0.3, 0.4) is 0 Å². The molecule has 0 atom stereocenters. The predicted octanol–water partition coefficient (Wildman–Crippen LogP) is 4.64. The van der Waals surface area contributed by atoms with Gasteiger partial charge in [0.05, 0.1) is 18.2 Å². The highest BCUT2D eigenvalue weighted by Crippen LogP contribution is 2.35. The van der Waals surface area contributed by atoms with Crippen molar-refractivity contribution in [2.75, 3.05) is 0 Å². The number of nitriles is 1. The van der Waals surface area contributed by atoms with Crippen molar-refractivity contribution in [1.29, 1.82) is 5.26 Å². The van der Waals surface area contributed by atoms with Crippen molar-refractivity contribution >= 4 is 16.9 Å². The SMILES string of the molecule is N#Cc1c(COc2ccccc2CC(=O)O)cc(-c2cccc(CN)c2)c2occc12. The summed E-state index contributed by atoms with van der Waals surface area (Å²) in [5, 5.41) is 19.7. The molecule has 6 heteroatoms. The quantitative estimate of drug-likeness (QED) is 0.458. The fraction of sp³-hybridized carbons (Fsp3) is 0.120. The van der Waals surface area contributed by atoms with E-state index in [0.29, 0.717) is 40.0 Å². The maximum Gasteiger partial charge on any atom is 0.307 e. The number of nitrogens with zero attached hydrogens (tertiary/aromatic N) is 1. The summed E-state index contributed by atoms with van der Waals surface area (Å²) < 4.78 is 11.7. The zero-order chi connectivity index (χ0) is 21.8. The third-order valence-electron chi connectivity index (χ3n) is 5.10. The van der Waals surface area contributed by atoms with E-state index >= 15 is 0 Å². The molecule has 154 valence electrons. The van der Waals surface area contributed by atoms with Gasteiger partial charge in [-0.15, -0.1) is 0 Å². The molecule has 1 aromatic heterocycles. The summed E-state index contributed by atoms with van der Waals surface area (Å²) >= 11 is 0. The zero-order valence-electron chi connectivity index (χ0n) is 16.7. The number of ether oxygens (including phenoxy) is 1. The second-order valence-corrected chi connectivity index (χ2v) is 7.10. The van der Waals surface area contributed by atoms with Gasteiger partial charge in [-0.1, -0.05) is 36.4 Å². The molecule has 0 spiro atoms. The summed E-state index contributed by atoms with van der Waals surface area (Å²) in [4.78, 5) is 11.1. The Morgan fingerprint density at radius 2 is 1.94 bits per heavy atom. The van der Waals surface area contributed by atoms with Gasteiger partial charge in [-0.05, 0) is 35.4 Å². The molecule has 0 unspecified atom stereocenters. The van der Waals surface area contributed by atoms with Gasteiger partial charge in [-0.3, -0.25) is 4.79 Å². The number of carboxylic acid groups (broad SMARTS) is 1. The van der Waals surface area contributed by atoms with Crippen LogP contribution < -0.4 is 10.5 Å². The fourth-order valence-corrected chi connectivity index (χ4v) is 3.63. The van der Waals surface area contributed by atoms with Gasteiger partial charge in [-0.25, -0.2) is 0 Å². The average Bonchev–Trinajstić information content (AvgIpc) is 3.27. The summed E-state index contributed by atoms with van der Waals surface area (Å²) in [6.07, 6.45) is 1.42. The van der Waals surface area contributed by atoms with E-state index in [0.717, 1.165) is 16.7 Å². The van der Waals surface area contributed by atoms with Gasteiger partial charge < -0.3 is 20.0 Å². The number of hydrogen-bond donors (Lipinski definition) is 2. The molecule has 0 aliphatic rings. The van der Waals surface area contributed by atoms with E-state index in [2.05, 4.69) is 6.07 Å². The number of para-hydroxylation sites is 1. The molecule has 4 aromatic rings. The normalized spacial score (nSPS) is 10.7. The molecule has 4 rings (SSSR count). The second-order valence-electron chi connectivity index (χ2n) is 7.10. The molecule has 0 radical (unpaired) electrons. The van der Waals surface area contributed by atoms with Crippen LogP contribution in [0.4, 0.5) is 0 Å². The summed E-state index contributed by atoms with van der Waals surface area (Å²) in [5.74, 6) is -0.455. The third kappa shape index (κ3) is 4.13. The lowest BCUT2D eigenvalue weighted by Gasteiger charge is -2.14. The van der Waals surface area contributed by atoms with Gasteiger partial charge in [0.15, 0.2) is 0 Å². The average molecular weight is 412 g/mol. The molecule has 31 heavy (non-hydrogen) atoms. The molecule has 0 bridgehead atoms. The van der Waals surface area contributed by atoms with Crippen molar-refractivity contribution in [2.24, 2.45) is 5.73 Å². The molecule has 0 saturated carbocycles. The summed E-state index contributed by atoms with van der Waals surface area (Å²) in [6, 6.07) is 20.8. The number of aliphatic carboxylic acids is 1. The smallest absolute Gasteiger partial charge is 0.307 e. The van der Waals surface area contributed by atoms with Crippen LogP contribution in [0.15, 0.2) is 71.3 Å². The highest BCUT2D eigenvalue weighted by Gasteiger charge is 2.17. The maximum atomic E-state index is 11.1. The Balaban J connectivity index is 1.76. The summed E-state index contributed by atoms with van der Waals surface area (Å²) in [6.45, 7) is 0.534. The molecule has 0 saturated heterocycles. The van der Waals surface area contributed by atoms with E-state index in [1.807, 2.05) is 30.3 Å². The van der Waals surface area contributed by atoms with E-state index in [4.69, 9.17) is 20.0 Å². The lowest BCUT2D eigenvalue weighted by molar-refractivity contribution is -0.136. The van der Waals surface area contributed by atoms with Crippen LogP contribution in [0, 0.1) is 11.3 Å². The van der Waals surface area contributed by atoms with Crippen molar-refractivity contribution in [3.8, 4) is 22.9 Å². The Morgan fingerprint density at radius 1 is 1.10 bits per heavy atom.